The minimum atomic E-state index is -0.453. The summed E-state index contributed by atoms with van der Waals surface area (Å²) >= 11 is 0. The Morgan fingerprint density at radius 3 is 2.57 bits per heavy atom. The number of rotatable bonds is 3. The molecule has 2 saturated carbocycles. The highest BCUT2D eigenvalue weighted by Crippen LogP contribution is 2.45. The molecule has 21 heavy (non-hydrogen) atoms. The van der Waals surface area contributed by atoms with Crippen molar-refractivity contribution in [2.45, 2.75) is 56.7 Å². The third-order valence-corrected chi connectivity index (χ3v) is 5.14. The van der Waals surface area contributed by atoms with Gasteiger partial charge in [0, 0.05) is 0 Å². The molecule has 0 spiro atoms. The van der Waals surface area contributed by atoms with Crippen LogP contribution < -0.4 is 0 Å². The topological polar surface area (TPSA) is 57.8 Å². The zero-order chi connectivity index (χ0) is 14.4. The van der Waals surface area contributed by atoms with E-state index in [-0.39, 0.29) is 12.0 Å². The van der Waals surface area contributed by atoms with Gasteiger partial charge in [-0.05, 0) is 62.0 Å². The van der Waals surface area contributed by atoms with E-state index in [1.54, 1.807) is 0 Å². The van der Waals surface area contributed by atoms with Gasteiger partial charge in [-0.3, -0.25) is 0 Å². The molecular weight excluding hydrogens is 264 g/mol. The van der Waals surface area contributed by atoms with Crippen LogP contribution in [0.1, 0.15) is 61.8 Å². The first-order chi connectivity index (χ1) is 10.2. The lowest BCUT2D eigenvalue weighted by molar-refractivity contribution is 0.0382. The summed E-state index contributed by atoms with van der Waals surface area (Å²) in [6.07, 6.45) is 8.89. The maximum Gasteiger partial charge on any atom is 0.0995 e. The van der Waals surface area contributed by atoms with Crippen LogP contribution in [0.4, 0.5) is 0 Å². The van der Waals surface area contributed by atoms with Crippen molar-refractivity contribution in [1.29, 1.82) is 0 Å². The number of pyridine rings is 1. The second-order valence-electron chi connectivity index (χ2n) is 6.65. The summed E-state index contributed by atoms with van der Waals surface area (Å²) in [6, 6.07) is 4.27. The molecule has 0 bridgehead atoms. The summed E-state index contributed by atoms with van der Waals surface area (Å²) in [7, 11) is 0. The van der Waals surface area contributed by atoms with Gasteiger partial charge in [0.15, 0.2) is 0 Å². The van der Waals surface area contributed by atoms with Crippen molar-refractivity contribution < 1.29 is 10.2 Å². The Morgan fingerprint density at radius 2 is 1.86 bits per heavy atom. The number of hydrogen-bond donors (Lipinski definition) is 2. The molecule has 0 radical (unpaired) electrons. The highest BCUT2D eigenvalue weighted by molar-refractivity contribution is 5.50. The maximum atomic E-state index is 11.0. The van der Waals surface area contributed by atoms with E-state index in [1.807, 2.05) is 12.5 Å². The van der Waals surface area contributed by atoms with Crippen LogP contribution in [0, 0.1) is 5.92 Å². The van der Waals surface area contributed by atoms with Gasteiger partial charge in [-0.1, -0.05) is 6.07 Å². The number of aromatic nitrogens is 2. The molecule has 0 saturated heterocycles. The van der Waals surface area contributed by atoms with E-state index in [1.165, 1.54) is 18.4 Å². The lowest BCUT2D eigenvalue weighted by Crippen LogP contribution is -2.24. The zero-order valence-electron chi connectivity index (χ0n) is 12.2. The van der Waals surface area contributed by atoms with Gasteiger partial charge < -0.3 is 14.6 Å². The molecule has 2 heterocycles. The quantitative estimate of drug-likeness (QED) is 0.912. The van der Waals surface area contributed by atoms with Crippen LogP contribution in [-0.2, 0) is 0 Å². The largest absolute Gasteiger partial charge is 0.393 e. The van der Waals surface area contributed by atoms with Gasteiger partial charge in [-0.15, -0.1) is 0 Å². The van der Waals surface area contributed by atoms with Gasteiger partial charge in [-0.25, -0.2) is 4.98 Å². The monoisotopic (exact) mass is 286 g/mol. The van der Waals surface area contributed by atoms with Gasteiger partial charge in [0.2, 0.25) is 0 Å². The molecular formula is C17H22N2O2. The number of aliphatic hydroxyl groups excluding tert-OH is 2. The Hall–Kier alpha value is -1.39. The van der Waals surface area contributed by atoms with Crippen molar-refractivity contribution in [3.8, 4) is 0 Å². The van der Waals surface area contributed by atoms with Crippen LogP contribution in [0.3, 0.4) is 0 Å². The molecule has 4 rings (SSSR count). The SMILES string of the molecule is O[C@H](c1c(C2CC2)ccc2cncn12)[C@H]1CC[C@H](O)CC1. The van der Waals surface area contributed by atoms with Crippen LogP contribution in [-0.4, -0.2) is 25.7 Å². The molecule has 2 aliphatic rings. The molecule has 112 valence electrons. The number of nitrogens with zero attached hydrogens (tertiary/aromatic N) is 2. The highest BCUT2D eigenvalue weighted by atomic mass is 16.3. The number of fused-ring (bicyclic) bond motifs is 1. The predicted octanol–water partition coefficient (Wildman–Crippen LogP) is 2.80. The number of hydrogen-bond acceptors (Lipinski definition) is 3. The Balaban J connectivity index is 1.73. The Kier molecular flexibility index (Phi) is 3.23. The number of imidazole rings is 1. The molecule has 4 nitrogen and oxygen atoms in total. The van der Waals surface area contributed by atoms with E-state index in [9.17, 15) is 10.2 Å². The fraction of sp³-hybridized carbons (Fsp3) is 0.588. The Morgan fingerprint density at radius 1 is 1.10 bits per heavy atom. The van der Waals surface area contributed by atoms with Crippen molar-refractivity contribution in [2.75, 3.05) is 0 Å². The number of aliphatic hydroxyl groups is 2. The highest BCUT2D eigenvalue weighted by Gasteiger charge is 2.33. The van der Waals surface area contributed by atoms with Gasteiger partial charge in [0.25, 0.3) is 0 Å². The standard InChI is InChI=1S/C17H22N2O2/c20-14-6-3-12(4-7-14)17(21)16-15(11-1-2-11)8-5-13-9-18-10-19(13)16/h5,8-12,14,17,20-21H,1-4,6-7H2/t12-,14-,17-/m0/s1. The predicted molar refractivity (Wildman–Crippen MR) is 80.1 cm³/mol. The molecule has 1 atom stereocenters. The van der Waals surface area contributed by atoms with E-state index in [4.69, 9.17) is 0 Å². The molecule has 2 aromatic rings. The molecule has 0 aromatic carbocycles. The molecule has 2 fully saturated rings. The van der Waals surface area contributed by atoms with Crippen molar-refractivity contribution >= 4 is 5.52 Å². The summed E-state index contributed by atoms with van der Waals surface area (Å²) in [5, 5.41) is 20.6. The Bertz CT molecular complexity index is 639. The van der Waals surface area contributed by atoms with Gasteiger partial charge in [-0.2, -0.15) is 0 Å². The molecule has 4 heteroatoms. The van der Waals surface area contributed by atoms with E-state index in [0.717, 1.165) is 36.9 Å². The first kappa shape index (κ1) is 13.3. The lowest BCUT2D eigenvalue weighted by atomic mass is 9.81. The summed E-state index contributed by atoms with van der Waals surface area (Å²) in [5.74, 6) is 0.856. The second-order valence-corrected chi connectivity index (χ2v) is 6.65. The van der Waals surface area contributed by atoms with Crippen molar-refractivity contribution in [3.05, 3.63) is 35.9 Å². The molecule has 0 amide bonds. The van der Waals surface area contributed by atoms with E-state index in [2.05, 4.69) is 21.5 Å². The molecule has 2 aromatic heterocycles. The fourth-order valence-electron chi connectivity index (χ4n) is 3.72. The summed E-state index contributed by atoms with van der Waals surface area (Å²) < 4.78 is 2.06. The van der Waals surface area contributed by atoms with E-state index in [0.29, 0.717) is 5.92 Å². The van der Waals surface area contributed by atoms with Crippen LogP contribution in [0.5, 0.6) is 0 Å². The lowest BCUT2D eigenvalue weighted by Gasteiger charge is -2.30. The third kappa shape index (κ3) is 2.36. The molecule has 2 N–H and O–H groups in total. The zero-order valence-corrected chi connectivity index (χ0v) is 12.2. The van der Waals surface area contributed by atoms with Crippen molar-refractivity contribution in [1.82, 2.24) is 9.38 Å². The van der Waals surface area contributed by atoms with Gasteiger partial charge in [0.05, 0.1) is 35.9 Å². The van der Waals surface area contributed by atoms with Gasteiger partial charge in [0.1, 0.15) is 0 Å². The van der Waals surface area contributed by atoms with Gasteiger partial charge >= 0.3 is 0 Å². The van der Waals surface area contributed by atoms with Crippen LogP contribution >= 0.6 is 0 Å². The molecule has 2 aliphatic carbocycles. The van der Waals surface area contributed by atoms with Crippen LogP contribution in [0.25, 0.3) is 5.52 Å². The summed E-state index contributed by atoms with van der Waals surface area (Å²) in [4.78, 5) is 4.23. The third-order valence-electron chi connectivity index (χ3n) is 5.14. The van der Waals surface area contributed by atoms with E-state index < -0.39 is 6.10 Å². The van der Waals surface area contributed by atoms with Crippen molar-refractivity contribution in [2.24, 2.45) is 5.92 Å². The second kappa shape index (κ2) is 5.11. The normalized spacial score (nSPS) is 27.9. The Labute approximate surface area is 124 Å². The average molecular weight is 286 g/mol. The van der Waals surface area contributed by atoms with Crippen molar-refractivity contribution in [3.63, 3.8) is 0 Å². The smallest absolute Gasteiger partial charge is 0.0995 e. The minimum Gasteiger partial charge on any atom is -0.393 e. The van der Waals surface area contributed by atoms with E-state index >= 15 is 0 Å². The molecule has 0 aliphatic heterocycles. The molecule has 0 unspecified atom stereocenters. The minimum absolute atomic E-state index is 0.180. The van der Waals surface area contributed by atoms with Crippen LogP contribution in [0.15, 0.2) is 24.7 Å². The first-order valence-corrected chi connectivity index (χ1v) is 8.05. The fourth-order valence-corrected chi connectivity index (χ4v) is 3.72. The maximum absolute atomic E-state index is 11.0. The van der Waals surface area contributed by atoms with Crippen LogP contribution in [0.2, 0.25) is 0 Å². The summed E-state index contributed by atoms with van der Waals surface area (Å²) in [5.41, 5.74) is 3.37. The first-order valence-electron chi connectivity index (χ1n) is 8.05. The average Bonchev–Trinajstić information content (AvgIpc) is 3.23. The summed E-state index contributed by atoms with van der Waals surface area (Å²) in [6.45, 7) is 0.